The minimum atomic E-state index is 0.0977. The van der Waals surface area contributed by atoms with Gasteiger partial charge >= 0.3 is 0 Å². The highest BCUT2D eigenvalue weighted by atomic mass is 35.5. The Labute approximate surface area is 157 Å². The van der Waals surface area contributed by atoms with E-state index in [1.54, 1.807) is 6.20 Å². The molecular weight excluding hydrogens is 346 g/mol. The van der Waals surface area contributed by atoms with Gasteiger partial charge in [0.25, 0.3) is 5.91 Å². The molecule has 4 rings (SSSR count). The molecule has 0 radical (unpaired) electrons. The van der Waals surface area contributed by atoms with Crippen molar-refractivity contribution in [2.45, 2.75) is 18.8 Å². The van der Waals surface area contributed by atoms with Crippen molar-refractivity contribution in [3.63, 3.8) is 0 Å². The van der Waals surface area contributed by atoms with Gasteiger partial charge in [0.2, 0.25) is 0 Å². The van der Waals surface area contributed by atoms with Gasteiger partial charge in [0.1, 0.15) is 5.82 Å². The van der Waals surface area contributed by atoms with Gasteiger partial charge in [0, 0.05) is 42.0 Å². The summed E-state index contributed by atoms with van der Waals surface area (Å²) in [4.78, 5) is 22.2. The molecule has 0 saturated carbocycles. The van der Waals surface area contributed by atoms with E-state index in [1.807, 2.05) is 59.6 Å². The molecule has 0 spiro atoms. The Morgan fingerprint density at radius 1 is 1.08 bits per heavy atom. The van der Waals surface area contributed by atoms with Gasteiger partial charge in [-0.3, -0.25) is 4.79 Å². The van der Waals surface area contributed by atoms with Crippen LogP contribution < -0.4 is 0 Å². The van der Waals surface area contributed by atoms with Crippen LogP contribution >= 0.6 is 11.6 Å². The fraction of sp³-hybridized carbons (Fsp3) is 0.238. The molecule has 1 fully saturated rings. The number of H-pyrrole nitrogens is 1. The lowest BCUT2D eigenvalue weighted by Crippen LogP contribution is -2.38. The number of hydrogen-bond donors (Lipinski definition) is 1. The van der Waals surface area contributed by atoms with E-state index in [2.05, 4.69) is 9.97 Å². The number of aromatic amines is 1. The molecule has 2 aromatic carbocycles. The quantitative estimate of drug-likeness (QED) is 0.728. The minimum Gasteiger partial charge on any atom is -0.348 e. The predicted octanol–water partition coefficient (Wildman–Crippen LogP) is 4.75. The van der Waals surface area contributed by atoms with E-state index in [-0.39, 0.29) is 5.91 Å². The third-order valence-corrected chi connectivity index (χ3v) is 5.21. The molecule has 3 aromatic rings. The first-order valence-corrected chi connectivity index (χ1v) is 9.23. The summed E-state index contributed by atoms with van der Waals surface area (Å²) in [6.07, 6.45) is 5.53. The molecule has 2 heterocycles. The highest BCUT2D eigenvalue weighted by Crippen LogP contribution is 2.27. The van der Waals surface area contributed by atoms with Gasteiger partial charge in [-0.25, -0.2) is 4.98 Å². The Morgan fingerprint density at radius 3 is 2.50 bits per heavy atom. The summed E-state index contributed by atoms with van der Waals surface area (Å²) in [5.74, 6) is 1.54. The topological polar surface area (TPSA) is 49.0 Å². The summed E-state index contributed by atoms with van der Waals surface area (Å²) < 4.78 is 0. The summed E-state index contributed by atoms with van der Waals surface area (Å²) in [5, 5.41) is 0.710. The maximum atomic E-state index is 12.8. The SMILES string of the molecule is O=C(c1ccc(-c2cccc(Cl)c2)cc1)N1CCC(c2ncc[nH]2)CC1. The number of piperidine rings is 1. The second kappa shape index (κ2) is 7.34. The number of imidazole rings is 1. The molecule has 0 atom stereocenters. The standard InChI is InChI=1S/C21H20ClN3O/c22-19-3-1-2-18(14-19)15-4-6-17(7-5-15)21(26)25-12-8-16(9-13-25)20-23-10-11-24-20/h1-7,10-11,14,16H,8-9,12-13H2,(H,23,24). The number of rotatable bonds is 3. The minimum absolute atomic E-state index is 0.0977. The second-order valence-electron chi connectivity index (χ2n) is 6.63. The van der Waals surface area contributed by atoms with Crippen LogP contribution in [0.1, 0.15) is 34.9 Å². The second-order valence-corrected chi connectivity index (χ2v) is 7.07. The van der Waals surface area contributed by atoms with E-state index in [0.29, 0.717) is 10.9 Å². The number of likely N-dealkylation sites (tertiary alicyclic amines) is 1. The van der Waals surface area contributed by atoms with Gasteiger partial charge in [-0.1, -0.05) is 35.9 Å². The summed E-state index contributed by atoms with van der Waals surface area (Å²) in [7, 11) is 0. The summed E-state index contributed by atoms with van der Waals surface area (Å²) in [6, 6.07) is 15.5. The van der Waals surface area contributed by atoms with Crippen molar-refractivity contribution in [2.24, 2.45) is 0 Å². The molecule has 1 aliphatic rings. The Kier molecular flexibility index (Phi) is 4.76. The Bertz CT molecular complexity index is 882. The van der Waals surface area contributed by atoms with Crippen LogP contribution in [0.25, 0.3) is 11.1 Å². The number of carbonyl (C=O) groups excluding carboxylic acids is 1. The van der Waals surface area contributed by atoms with Crippen LogP contribution in [-0.2, 0) is 0 Å². The van der Waals surface area contributed by atoms with E-state index in [1.165, 1.54) is 0 Å². The summed E-state index contributed by atoms with van der Waals surface area (Å²) in [5.41, 5.74) is 2.84. The maximum Gasteiger partial charge on any atom is 0.253 e. The molecular formula is C21H20ClN3O. The average molecular weight is 366 g/mol. The first-order valence-electron chi connectivity index (χ1n) is 8.85. The number of halogens is 1. The van der Waals surface area contributed by atoms with Crippen molar-refractivity contribution >= 4 is 17.5 Å². The molecule has 0 aliphatic carbocycles. The number of benzene rings is 2. The number of carbonyl (C=O) groups is 1. The predicted molar refractivity (Wildman–Crippen MR) is 103 cm³/mol. The zero-order valence-electron chi connectivity index (χ0n) is 14.4. The van der Waals surface area contributed by atoms with Gasteiger partial charge in [-0.05, 0) is 48.2 Å². The molecule has 5 heteroatoms. The first-order chi connectivity index (χ1) is 12.7. The lowest BCUT2D eigenvalue weighted by Gasteiger charge is -2.31. The zero-order chi connectivity index (χ0) is 17.9. The van der Waals surface area contributed by atoms with Crippen molar-refractivity contribution < 1.29 is 4.79 Å². The van der Waals surface area contributed by atoms with Crippen molar-refractivity contribution in [1.29, 1.82) is 0 Å². The smallest absolute Gasteiger partial charge is 0.253 e. The lowest BCUT2D eigenvalue weighted by molar-refractivity contribution is 0.0711. The van der Waals surface area contributed by atoms with Gasteiger partial charge < -0.3 is 9.88 Å². The van der Waals surface area contributed by atoms with Gasteiger partial charge in [0.05, 0.1) is 0 Å². The molecule has 0 bridgehead atoms. The number of hydrogen-bond acceptors (Lipinski definition) is 2. The van der Waals surface area contributed by atoms with Crippen LogP contribution in [0.2, 0.25) is 5.02 Å². The first kappa shape index (κ1) is 16.9. The van der Waals surface area contributed by atoms with Crippen LogP contribution in [0.4, 0.5) is 0 Å². The molecule has 132 valence electrons. The summed E-state index contributed by atoms with van der Waals surface area (Å²) in [6.45, 7) is 1.53. The van der Waals surface area contributed by atoms with Crippen LogP contribution in [0, 0.1) is 0 Å². The monoisotopic (exact) mass is 365 g/mol. The van der Waals surface area contributed by atoms with Crippen LogP contribution in [-0.4, -0.2) is 33.9 Å². The third-order valence-electron chi connectivity index (χ3n) is 4.98. The van der Waals surface area contributed by atoms with E-state index in [4.69, 9.17) is 11.6 Å². The Hall–Kier alpha value is -2.59. The van der Waals surface area contributed by atoms with E-state index < -0.39 is 0 Å². The molecule has 1 saturated heterocycles. The average Bonchev–Trinajstić information content (AvgIpc) is 3.23. The largest absolute Gasteiger partial charge is 0.348 e. The molecule has 1 amide bonds. The van der Waals surface area contributed by atoms with Crippen molar-refractivity contribution in [3.8, 4) is 11.1 Å². The highest BCUT2D eigenvalue weighted by molar-refractivity contribution is 6.30. The Balaban J connectivity index is 1.42. The number of nitrogens with one attached hydrogen (secondary N) is 1. The fourth-order valence-electron chi connectivity index (χ4n) is 3.51. The molecule has 1 N–H and O–H groups in total. The molecule has 4 nitrogen and oxygen atoms in total. The Morgan fingerprint density at radius 2 is 1.85 bits per heavy atom. The number of nitrogens with zero attached hydrogens (tertiary/aromatic N) is 2. The fourth-order valence-corrected chi connectivity index (χ4v) is 3.70. The van der Waals surface area contributed by atoms with Gasteiger partial charge in [0.15, 0.2) is 0 Å². The van der Waals surface area contributed by atoms with Crippen molar-refractivity contribution in [3.05, 3.63) is 77.3 Å². The van der Waals surface area contributed by atoms with Crippen LogP contribution in [0.15, 0.2) is 60.9 Å². The normalized spacial score (nSPS) is 15.2. The van der Waals surface area contributed by atoms with E-state index in [9.17, 15) is 4.79 Å². The van der Waals surface area contributed by atoms with E-state index >= 15 is 0 Å². The third kappa shape index (κ3) is 3.51. The highest BCUT2D eigenvalue weighted by Gasteiger charge is 2.25. The molecule has 26 heavy (non-hydrogen) atoms. The number of aromatic nitrogens is 2. The van der Waals surface area contributed by atoms with Crippen LogP contribution in [0.5, 0.6) is 0 Å². The summed E-state index contributed by atoms with van der Waals surface area (Å²) >= 11 is 6.06. The number of amides is 1. The molecule has 0 unspecified atom stereocenters. The maximum absolute atomic E-state index is 12.8. The van der Waals surface area contributed by atoms with Crippen molar-refractivity contribution in [1.82, 2.24) is 14.9 Å². The van der Waals surface area contributed by atoms with Gasteiger partial charge in [-0.15, -0.1) is 0 Å². The van der Waals surface area contributed by atoms with E-state index in [0.717, 1.165) is 48.4 Å². The zero-order valence-corrected chi connectivity index (χ0v) is 15.1. The molecule has 1 aliphatic heterocycles. The van der Waals surface area contributed by atoms with Crippen LogP contribution in [0.3, 0.4) is 0 Å². The molecule has 1 aromatic heterocycles. The lowest BCUT2D eigenvalue weighted by atomic mass is 9.95. The van der Waals surface area contributed by atoms with Crippen molar-refractivity contribution in [2.75, 3.05) is 13.1 Å². The van der Waals surface area contributed by atoms with Gasteiger partial charge in [-0.2, -0.15) is 0 Å².